The number of ether oxygens (including phenoxy) is 2. The molecular formula is C35H36O16. The molecule has 272 valence electrons. The Morgan fingerprint density at radius 2 is 1.06 bits per heavy atom. The third-order valence-electron chi connectivity index (χ3n) is 9.26. The van der Waals surface area contributed by atoms with Crippen molar-refractivity contribution in [3.63, 3.8) is 0 Å². The van der Waals surface area contributed by atoms with Crippen LogP contribution in [0.4, 0.5) is 0 Å². The summed E-state index contributed by atoms with van der Waals surface area (Å²) in [4.78, 5) is 0. The predicted molar refractivity (Wildman–Crippen MR) is 172 cm³/mol. The van der Waals surface area contributed by atoms with Crippen LogP contribution >= 0.6 is 0 Å². The van der Waals surface area contributed by atoms with Crippen LogP contribution in [-0.2, 0) is 6.42 Å². The van der Waals surface area contributed by atoms with Crippen LogP contribution in [0.1, 0.15) is 89.6 Å². The highest BCUT2D eigenvalue weighted by Gasteiger charge is 2.37. The summed E-state index contributed by atoms with van der Waals surface area (Å²) in [5, 5.41) is 146. The molecule has 51 heavy (non-hydrogen) atoms. The summed E-state index contributed by atoms with van der Waals surface area (Å²) in [5.74, 6) is -6.58. The van der Waals surface area contributed by atoms with Crippen LogP contribution in [0.5, 0.6) is 69.0 Å². The predicted octanol–water partition coefficient (Wildman–Crippen LogP) is 3.27. The molecule has 6 atom stereocenters. The number of rotatable bonds is 8. The molecule has 0 bridgehead atoms. The second-order valence-electron chi connectivity index (χ2n) is 12.7. The highest BCUT2D eigenvalue weighted by molar-refractivity contribution is 5.61. The van der Waals surface area contributed by atoms with E-state index in [-0.39, 0.29) is 77.0 Å². The average molecular weight is 713 g/mol. The van der Waals surface area contributed by atoms with Crippen LogP contribution in [0.25, 0.3) is 0 Å². The molecule has 16 heteroatoms. The number of benzene rings is 4. The summed E-state index contributed by atoms with van der Waals surface area (Å²) in [6.07, 6.45) is -8.47. The third-order valence-corrected chi connectivity index (χ3v) is 9.26. The van der Waals surface area contributed by atoms with Crippen molar-refractivity contribution < 1.29 is 81.0 Å². The zero-order valence-electron chi connectivity index (χ0n) is 26.5. The van der Waals surface area contributed by atoms with Crippen molar-refractivity contribution in [3.8, 4) is 69.0 Å². The summed E-state index contributed by atoms with van der Waals surface area (Å²) in [6, 6.07) is 6.60. The molecule has 0 spiro atoms. The third kappa shape index (κ3) is 6.29. The Morgan fingerprint density at radius 1 is 0.569 bits per heavy atom. The molecule has 4 aromatic rings. The molecular weight excluding hydrogens is 676 g/mol. The van der Waals surface area contributed by atoms with Crippen LogP contribution in [0.15, 0.2) is 36.4 Å². The lowest BCUT2D eigenvalue weighted by Gasteiger charge is -2.32. The monoisotopic (exact) mass is 712 g/mol. The van der Waals surface area contributed by atoms with E-state index in [1.165, 1.54) is 0 Å². The van der Waals surface area contributed by atoms with E-state index in [0.717, 1.165) is 36.4 Å². The zero-order valence-corrected chi connectivity index (χ0v) is 26.5. The zero-order chi connectivity index (χ0) is 37.0. The van der Waals surface area contributed by atoms with Crippen molar-refractivity contribution in [2.75, 3.05) is 0 Å². The molecule has 0 saturated heterocycles. The lowest BCUT2D eigenvalue weighted by atomic mass is 9.89. The van der Waals surface area contributed by atoms with E-state index in [1.54, 1.807) is 0 Å². The largest absolute Gasteiger partial charge is 0.507 e. The fourth-order valence-corrected chi connectivity index (χ4v) is 6.67. The summed E-state index contributed by atoms with van der Waals surface area (Å²) in [5.41, 5.74) is -0.374. The van der Waals surface area contributed by atoms with Crippen LogP contribution in [-0.4, -0.2) is 77.6 Å². The maximum atomic E-state index is 11.0. The lowest BCUT2D eigenvalue weighted by Crippen LogP contribution is -2.30. The van der Waals surface area contributed by atoms with Gasteiger partial charge in [-0.1, -0.05) is 0 Å². The molecule has 0 saturated carbocycles. The topological polar surface area (TPSA) is 302 Å². The second-order valence-corrected chi connectivity index (χ2v) is 12.7. The molecule has 6 unspecified atom stereocenters. The first-order valence-electron chi connectivity index (χ1n) is 15.8. The minimum Gasteiger partial charge on any atom is -0.507 e. The van der Waals surface area contributed by atoms with Gasteiger partial charge >= 0.3 is 0 Å². The van der Waals surface area contributed by atoms with E-state index >= 15 is 0 Å². The van der Waals surface area contributed by atoms with Gasteiger partial charge in [-0.15, -0.1) is 0 Å². The van der Waals surface area contributed by atoms with Gasteiger partial charge in [-0.3, -0.25) is 0 Å². The first kappa shape index (κ1) is 35.2. The number of aliphatic hydroxyl groups is 4. The van der Waals surface area contributed by atoms with Gasteiger partial charge in [-0.2, -0.15) is 0 Å². The number of hydrogen-bond acceptors (Lipinski definition) is 16. The van der Waals surface area contributed by atoms with E-state index in [4.69, 9.17) is 9.47 Å². The van der Waals surface area contributed by atoms with Crippen LogP contribution < -0.4 is 9.47 Å². The normalized spacial score (nSPS) is 20.8. The summed E-state index contributed by atoms with van der Waals surface area (Å²) < 4.78 is 11.6. The van der Waals surface area contributed by atoms with E-state index in [2.05, 4.69) is 0 Å². The fraction of sp³-hybridized carbons (Fsp3) is 0.314. The number of aliphatic hydroxyl groups excluding tert-OH is 4. The maximum absolute atomic E-state index is 11.0. The minimum absolute atomic E-state index is 0.0261. The first-order chi connectivity index (χ1) is 24.1. The van der Waals surface area contributed by atoms with E-state index in [1.807, 2.05) is 0 Å². The number of fused-ring (bicyclic) bond motifs is 2. The smallest absolute Gasteiger partial charge is 0.200 e. The number of aromatic hydroxyl groups is 10. The molecule has 0 fully saturated rings. The second kappa shape index (κ2) is 13.2. The van der Waals surface area contributed by atoms with Gasteiger partial charge in [0.1, 0.15) is 40.6 Å². The number of phenols is 10. The summed E-state index contributed by atoms with van der Waals surface area (Å²) in [7, 11) is 0. The molecule has 0 amide bonds. The van der Waals surface area contributed by atoms with Gasteiger partial charge < -0.3 is 81.0 Å². The number of hydrogen-bond donors (Lipinski definition) is 14. The Kier molecular flexibility index (Phi) is 9.11. The fourth-order valence-electron chi connectivity index (χ4n) is 6.67. The molecule has 16 nitrogen and oxygen atoms in total. The highest BCUT2D eigenvalue weighted by atomic mass is 16.5. The van der Waals surface area contributed by atoms with Gasteiger partial charge in [0.2, 0.25) is 0 Å². The molecule has 4 aromatic carbocycles. The van der Waals surface area contributed by atoms with Gasteiger partial charge in [-0.05, 0) is 43.5 Å². The van der Waals surface area contributed by atoms with Crippen LogP contribution in [0.3, 0.4) is 0 Å². The van der Waals surface area contributed by atoms with Crippen molar-refractivity contribution in [3.05, 3.63) is 69.8 Å². The van der Waals surface area contributed by atoms with Crippen molar-refractivity contribution in [2.45, 2.75) is 68.7 Å². The van der Waals surface area contributed by atoms with E-state index < -0.39 is 94.1 Å². The molecule has 14 N–H and O–H groups in total. The Bertz CT molecular complexity index is 1950. The Hall–Kier alpha value is -5.68. The standard InChI is InChI=1S/C35H36O16/c36-15(28-17(38)10-26-14(31(28)46)8-24(45)35(51-26)13-6-22(43)33(48)23(44)7-13)2-1-3-16(37)29-18(39)11-27-30(34(29)49)19(40)9-25(50-27)12-4-20(41)32(47)21(42)5-12/h4-7,10-11,15-16,19,24-25,35-49H,1-3,8-9H2. The van der Waals surface area contributed by atoms with E-state index in [9.17, 15) is 71.5 Å². The van der Waals surface area contributed by atoms with Crippen LogP contribution in [0, 0.1) is 0 Å². The highest BCUT2D eigenvalue weighted by Crippen LogP contribution is 2.53. The SMILES string of the molecule is Oc1cc(C2CC(O)c3c(cc(O)c(C(O)CCCC(O)c4c(O)cc5c(c4O)CC(O)C(c4cc(O)c(O)c(O)c4)O5)c3O)O2)cc(O)c1O. The van der Waals surface area contributed by atoms with Crippen molar-refractivity contribution in [2.24, 2.45) is 0 Å². The van der Waals surface area contributed by atoms with Gasteiger partial charge in [0.15, 0.2) is 40.6 Å². The summed E-state index contributed by atoms with van der Waals surface area (Å²) >= 11 is 0. The van der Waals surface area contributed by atoms with Crippen LogP contribution in [0.2, 0.25) is 0 Å². The quantitative estimate of drug-likeness (QED) is 0.117. The molecule has 0 aliphatic carbocycles. The van der Waals surface area contributed by atoms with Gasteiger partial charge in [0.25, 0.3) is 0 Å². The molecule has 6 rings (SSSR count). The summed E-state index contributed by atoms with van der Waals surface area (Å²) in [6.45, 7) is 0. The Morgan fingerprint density at radius 3 is 1.61 bits per heavy atom. The van der Waals surface area contributed by atoms with E-state index in [0.29, 0.717) is 0 Å². The lowest BCUT2D eigenvalue weighted by molar-refractivity contribution is 0.0192. The van der Waals surface area contributed by atoms with Crippen molar-refractivity contribution >= 4 is 0 Å². The maximum Gasteiger partial charge on any atom is 0.200 e. The first-order valence-corrected chi connectivity index (χ1v) is 15.8. The molecule has 0 radical (unpaired) electrons. The Labute approximate surface area is 288 Å². The minimum atomic E-state index is -1.51. The molecule has 2 heterocycles. The number of phenolic OH excluding ortho intramolecular Hbond substituents is 10. The molecule has 0 aromatic heterocycles. The Balaban J connectivity index is 1.14. The van der Waals surface area contributed by atoms with Gasteiger partial charge in [0, 0.05) is 41.7 Å². The van der Waals surface area contributed by atoms with Gasteiger partial charge in [-0.25, -0.2) is 0 Å². The van der Waals surface area contributed by atoms with Gasteiger partial charge in [0.05, 0.1) is 41.1 Å². The van der Waals surface area contributed by atoms with Crippen molar-refractivity contribution in [1.82, 2.24) is 0 Å². The average Bonchev–Trinajstić information content (AvgIpc) is 3.05. The molecule has 2 aliphatic rings. The molecule has 2 aliphatic heterocycles. The van der Waals surface area contributed by atoms with Crippen molar-refractivity contribution in [1.29, 1.82) is 0 Å².